The van der Waals surface area contributed by atoms with Crippen LogP contribution in [0.2, 0.25) is 0 Å². The number of hydrogen-bond acceptors (Lipinski definition) is 3. The molecule has 18 heavy (non-hydrogen) atoms. The summed E-state index contributed by atoms with van der Waals surface area (Å²) in [6, 6.07) is 7.21. The number of rotatable bonds is 6. The van der Waals surface area contributed by atoms with E-state index in [1.807, 2.05) is 12.1 Å². The maximum Gasteiger partial charge on any atom is 0.303 e. The number of anilines is 1. The highest BCUT2D eigenvalue weighted by Gasteiger charge is 2.07. The lowest BCUT2D eigenvalue weighted by atomic mass is 10.0. The van der Waals surface area contributed by atoms with Gasteiger partial charge in [0.05, 0.1) is 0 Å². The second-order valence-electron chi connectivity index (χ2n) is 4.13. The van der Waals surface area contributed by atoms with Gasteiger partial charge in [0.15, 0.2) is 5.96 Å². The normalized spacial score (nSPS) is 11.8. The molecule has 0 bridgehead atoms. The van der Waals surface area contributed by atoms with Gasteiger partial charge in [0.25, 0.3) is 0 Å². The van der Waals surface area contributed by atoms with E-state index in [4.69, 9.17) is 22.0 Å². The van der Waals surface area contributed by atoms with Gasteiger partial charge in [-0.15, -0.1) is 0 Å². The monoisotopic (exact) mass is 250 g/mol. The molecule has 1 atom stereocenters. The Morgan fingerprint density at radius 2 is 2.00 bits per heavy atom. The zero-order valence-corrected chi connectivity index (χ0v) is 10.0. The predicted octanol–water partition coefficient (Wildman–Crippen LogP) is 0.727. The molecule has 7 N–H and O–H groups in total. The third-order valence-corrected chi connectivity index (χ3v) is 2.46. The molecule has 0 aliphatic carbocycles. The maximum absolute atomic E-state index is 10.4. The number of aliphatic carboxylic acids is 1. The molecule has 98 valence electrons. The van der Waals surface area contributed by atoms with E-state index < -0.39 is 5.97 Å². The lowest BCUT2D eigenvalue weighted by Crippen LogP contribution is -2.24. The molecule has 0 radical (unpaired) electrons. The highest BCUT2D eigenvalue weighted by atomic mass is 16.4. The quantitative estimate of drug-likeness (QED) is 0.376. The molecular formula is C12H18N4O2. The number of guanidine groups is 1. The van der Waals surface area contributed by atoms with Gasteiger partial charge in [-0.25, -0.2) is 0 Å². The van der Waals surface area contributed by atoms with Gasteiger partial charge in [0.1, 0.15) is 0 Å². The van der Waals surface area contributed by atoms with Gasteiger partial charge in [0, 0.05) is 18.2 Å². The second-order valence-corrected chi connectivity index (χ2v) is 4.13. The van der Waals surface area contributed by atoms with E-state index >= 15 is 0 Å². The van der Waals surface area contributed by atoms with Crippen molar-refractivity contribution in [1.82, 2.24) is 0 Å². The molecule has 6 heteroatoms. The summed E-state index contributed by atoms with van der Waals surface area (Å²) in [4.78, 5) is 10.4. The van der Waals surface area contributed by atoms with Gasteiger partial charge in [-0.2, -0.15) is 0 Å². The van der Waals surface area contributed by atoms with Crippen LogP contribution in [0.1, 0.15) is 18.4 Å². The van der Waals surface area contributed by atoms with Crippen LogP contribution in [0, 0.1) is 5.41 Å². The van der Waals surface area contributed by atoms with Gasteiger partial charge < -0.3 is 21.9 Å². The van der Waals surface area contributed by atoms with Gasteiger partial charge in [-0.1, -0.05) is 12.1 Å². The predicted molar refractivity (Wildman–Crippen MR) is 70.5 cm³/mol. The fourth-order valence-corrected chi connectivity index (χ4v) is 1.59. The molecule has 1 rings (SSSR count). The number of carboxylic acid groups (broad SMARTS) is 1. The van der Waals surface area contributed by atoms with E-state index in [0.29, 0.717) is 12.8 Å². The number of benzene rings is 1. The molecule has 1 unspecified atom stereocenters. The minimum Gasteiger partial charge on any atom is -0.481 e. The summed E-state index contributed by atoms with van der Waals surface area (Å²) < 4.78 is 0. The van der Waals surface area contributed by atoms with Crippen molar-refractivity contribution in [2.45, 2.75) is 25.3 Å². The van der Waals surface area contributed by atoms with E-state index in [2.05, 4.69) is 5.32 Å². The number of carboxylic acids is 1. The molecule has 1 aromatic carbocycles. The zero-order chi connectivity index (χ0) is 13.5. The Balaban J connectivity index is 2.47. The molecule has 0 aromatic heterocycles. The average molecular weight is 250 g/mol. The van der Waals surface area contributed by atoms with Gasteiger partial charge in [-0.05, 0) is 30.5 Å². The fraction of sp³-hybridized carbons (Fsp3) is 0.333. The first kappa shape index (κ1) is 14.0. The highest BCUT2D eigenvalue weighted by Crippen LogP contribution is 2.11. The molecule has 0 aliphatic heterocycles. The lowest BCUT2D eigenvalue weighted by Gasteiger charge is -2.11. The van der Waals surface area contributed by atoms with E-state index in [9.17, 15) is 4.79 Å². The summed E-state index contributed by atoms with van der Waals surface area (Å²) in [6.45, 7) is 0. The largest absolute Gasteiger partial charge is 0.481 e. The Hall–Kier alpha value is -2.08. The van der Waals surface area contributed by atoms with E-state index in [-0.39, 0.29) is 18.4 Å². The van der Waals surface area contributed by atoms with Gasteiger partial charge in [-0.3, -0.25) is 10.2 Å². The van der Waals surface area contributed by atoms with Crippen LogP contribution in [-0.2, 0) is 11.2 Å². The first-order valence-electron chi connectivity index (χ1n) is 5.64. The van der Waals surface area contributed by atoms with Crippen molar-refractivity contribution in [3.63, 3.8) is 0 Å². The van der Waals surface area contributed by atoms with E-state index in [1.165, 1.54) is 0 Å². The van der Waals surface area contributed by atoms with Crippen LogP contribution >= 0.6 is 0 Å². The van der Waals surface area contributed by atoms with Crippen LogP contribution in [0.25, 0.3) is 0 Å². The Kier molecular flexibility index (Phi) is 5.13. The van der Waals surface area contributed by atoms with Crippen molar-refractivity contribution in [2.75, 3.05) is 5.32 Å². The van der Waals surface area contributed by atoms with Crippen LogP contribution in [0.15, 0.2) is 24.3 Å². The SMILES string of the molecule is N=C(N)Nc1ccc(CC(N)CCC(=O)O)cc1. The molecule has 0 saturated carbocycles. The van der Waals surface area contributed by atoms with Crippen LogP contribution in [-0.4, -0.2) is 23.1 Å². The number of nitrogens with two attached hydrogens (primary N) is 2. The average Bonchev–Trinajstić information content (AvgIpc) is 2.28. The summed E-state index contributed by atoms with van der Waals surface area (Å²) in [7, 11) is 0. The molecule has 0 aliphatic rings. The standard InChI is InChI=1S/C12H18N4O2/c13-9(3-6-11(17)18)7-8-1-4-10(5-2-8)16-12(14)15/h1-2,4-5,9H,3,6-7,13H2,(H,17,18)(H4,14,15,16). The zero-order valence-electron chi connectivity index (χ0n) is 10.0. The van der Waals surface area contributed by atoms with Crippen molar-refractivity contribution in [1.29, 1.82) is 5.41 Å². The van der Waals surface area contributed by atoms with Crippen LogP contribution in [0.4, 0.5) is 5.69 Å². The van der Waals surface area contributed by atoms with Crippen LogP contribution < -0.4 is 16.8 Å². The van der Waals surface area contributed by atoms with Crippen molar-refractivity contribution in [3.05, 3.63) is 29.8 Å². The van der Waals surface area contributed by atoms with Crippen LogP contribution in [0.3, 0.4) is 0 Å². The van der Waals surface area contributed by atoms with E-state index in [0.717, 1.165) is 11.3 Å². The summed E-state index contributed by atoms with van der Waals surface area (Å²) in [6.07, 6.45) is 1.18. The van der Waals surface area contributed by atoms with Gasteiger partial charge in [0.2, 0.25) is 0 Å². The summed E-state index contributed by atoms with van der Waals surface area (Å²) in [5, 5.41) is 18.3. The molecule has 0 fully saturated rings. The number of nitrogens with one attached hydrogen (secondary N) is 2. The van der Waals surface area contributed by atoms with Crippen molar-refractivity contribution in [2.24, 2.45) is 11.5 Å². The molecule has 0 amide bonds. The van der Waals surface area contributed by atoms with E-state index in [1.54, 1.807) is 12.1 Å². The fourth-order valence-electron chi connectivity index (χ4n) is 1.59. The Morgan fingerprint density at radius 1 is 1.39 bits per heavy atom. The topological polar surface area (TPSA) is 125 Å². The molecule has 0 spiro atoms. The Bertz CT molecular complexity index is 417. The maximum atomic E-state index is 10.4. The number of hydrogen-bond donors (Lipinski definition) is 5. The second kappa shape index (κ2) is 6.61. The third kappa shape index (κ3) is 5.31. The smallest absolute Gasteiger partial charge is 0.303 e. The molecule has 1 aromatic rings. The molecule has 0 heterocycles. The number of carbonyl (C=O) groups is 1. The van der Waals surface area contributed by atoms with Gasteiger partial charge >= 0.3 is 5.97 Å². The third-order valence-electron chi connectivity index (χ3n) is 2.46. The summed E-state index contributed by atoms with van der Waals surface area (Å²) >= 11 is 0. The lowest BCUT2D eigenvalue weighted by molar-refractivity contribution is -0.137. The van der Waals surface area contributed by atoms with Crippen molar-refractivity contribution < 1.29 is 9.90 Å². The molecular weight excluding hydrogens is 232 g/mol. The minimum absolute atomic E-state index is 0.0884. The Morgan fingerprint density at radius 3 is 2.50 bits per heavy atom. The van der Waals surface area contributed by atoms with Crippen molar-refractivity contribution in [3.8, 4) is 0 Å². The van der Waals surface area contributed by atoms with Crippen LogP contribution in [0.5, 0.6) is 0 Å². The molecule has 0 saturated heterocycles. The van der Waals surface area contributed by atoms with Crippen molar-refractivity contribution >= 4 is 17.6 Å². The highest BCUT2D eigenvalue weighted by molar-refractivity contribution is 5.89. The first-order chi connectivity index (χ1) is 8.47. The first-order valence-corrected chi connectivity index (χ1v) is 5.64. The Labute approximate surface area is 105 Å². The summed E-state index contributed by atoms with van der Waals surface area (Å²) in [5.74, 6) is -0.938. The minimum atomic E-state index is -0.827. The molecule has 6 nitrogen and oxygen atoms in total. The summed E-state index contributed by atoms with van der Waals surface area (Å²) in [5.41, 5.74) is 12.8.